The Bertz CT molecular complexity index is 1760. The van der Waals surface area contributed by atoms with Crippen LogP contribution in [-0.2, 0) is 23.0 Å². The van der Waals surface area contributed by atoms with Crippen LogP contribution in [-0.4, -0.2) is 30.8 Å². The molecule has 0 unspecified atom stereocenters. The summed E-state index contributed by atoms with van der Waals surface area (Å²) < 4.78 is 29.1. The first kappa shape index (κ1) is 24.5. The van der Waals surface area contributed by atoms with Crippen molar-refractivity contribution in [1.29, 1.82) is 0 Å². The summed E-state index contributed by atoms with van der Waals surface area (Å²) in [4.78, 5) is 24.3. The van der Waals surface area contributed by atoms with Gasteiger partial charge in [0.25, 0.3) is 15.9 Å². The van der Waals surface area contributed by atoms with Crippen LogP contribution in [0.15, 0.2) is 96.2 Å². The van der Waals surface area contributed by atoms with Crippen LogP contribution in [0.2, 0.25) is 5.02 Å². The van der Waals surface area contributed by atoms with E-state index in [1.54, 1.807) is 35.5 Å². The number of para-hydroxylation sites is 1. The number of aromatic nitrogens is 2. The molecule has 3 heterocycles. The van der Waals surface area contributed by atoms with E-state index in [2.05, 4.69) is 9.97 Å². The molecule has 0 N–H and O–H groups in total. The van der Waals surface area contributed by atoms with Crippen LogP contribution in [0.25, 0.3) is 10.2 Å². The minimum Gasteiger partial charge on any atom is -0.279 e. The predicted molar refractivity (Wildman–Crippen MR) is 151 cm³/mol. The molecular formula is C28H21ClN4O3S2. The fourth-order valence-electron chi connectivity index (χ4n) is 4.51. The Kier molecular flexibility index (Phi) is 6.35. The molecular weight excluding hydrogens is 540 g/mol. The van der Waals surface area contributed by atoms with E-state index in [1.807, 2.05) is 48.5 Å². The minimum atomic E-state index is -3.76. The third-order valence-corrected chi connectivity index (χ3v) is 9.52. The van der Waals surface area contributed by atoms with Crippen molar-refractivity contribution in [2.45, 2.75) is 17.9 Å². The lowest BCUT2D eigenvalue weighted by Crippen LogP contribution is -2.31. The summed E-state index contributed by atoms with van der Waals surface area (Å²) in [7, 11) is -3.76. The van der Waals surface area contributed by atoms with E-state index in [4.69, 9.17) is 11.6 Å². The van der Waals surface area contributed by atoms with Gasteiger partial charge in [-0.2, -0.15) is 0 Å². The average molecular weight is 561 g/mol. The molecule has 0 saturated carbocycles. The maximum absolute atomic E-state index is 13.8. The second kappa shape index (κ2) is 9.83. The molecule has 0 bridgehead atoms. The number of fused-ring (bicyclic) bond motifs is 2. The molecule has 6 rings (SSSR count). The first-order valence-corrected chi connectivity index (χ1v) is 14.5. The van der Waals surface area contributed by atoms with Gasteiger partial charge in [-0.15, -0.1) is 0 Å². The number of halogens is 1. The molecule has 190 valence electrons. The van der Waals surface area contributed by atoms with Gasteiger partial charge in [-0.25, -0.2) is 13.4 Å². The number of hydrogen-bond acceptors (Lipinski definition) is 6. The lowest BCUT2D eigenvalue weighted by atomic mass is 10.2. The summed E-state index contributed by atoms with van der Waals surface area (Å²) in [6.45, 7) is 0.647. The van der Waals surface area contributed by atoms with Crippen molar-refractivity contribution >= 4 is 59.9 Å². The average Bonchev–Trinajstić information content (AvgIpc) is 3.56. The first-order chi connectivity index (χ1) is 18.4. The van der Waals surface area contributed by atoms with Gasteiger partial charge in [0, 0.05) is 29.5 Å². The highest BCUT2D eigenvalue weighted by Crippen LogP contribution is 2.34. The predicted octanol–water partition coefficient (Wildman–Crippen LogP) is 5.94. The minimum absolute atomic E-state index is 0.138. The highest BCUT2D eigenvalue weighted by atomic mass is 35.5. The molecule has 7 nitrogen and oxygen atoms in total. The summed E-state index contributed by atoms with van der Waals surface area (Å²) in [5.41, 5.74) is 3.64. The Labute approximate surface area is 229 Å². The van der Waals surface area contributed by atoms with Gasteiger partial charge in [0.1, 0.15) is 0 Å². The van der Waals surface area contributed by atoms with Crippen LogP contribution >= 0.6 is 22.9 Å². The molecule has 0 spiro atoms. The number of hydrogen-bond donors (Lipinski definition) is 0. The Morgan fingerprint density at radius 1 is 1.03 bits per heavy atom. The second-order valence-electron chi connectivity index (χ2n) is 8.84. The van der Waals surface area contributed by atoms with Crippen molar-refractivity contribution in [3.8, 4) is 0 Å². The van der Waals surface area contributed by atoms with Crippen LogP contribution in [0.1, 0.15) is 21.5 Å². The number of rotatable bonds is 6. The summed E-state index contributed by atoms with van der Waals surface area (Å²) in [5, 5.41) is 1.11. The highest BCUT2D eigenvalue weighted by Gasteiger charge is 2.31. The quantitative estimate of drug-likeness (QED) is 0.256. The molecule has 2 aromatic heterocycles. The number of thiazole rings is 1. The molecule has 1 amide bonds. The first-order valence-electron chi connectivity index (χ1n) is 11.9. The molecule has 0 saturated heterocycles. The molecule has 5 aromatic rings. The van der Waals surface area contributed by atoms with Crippen molar-refractivity contribution in [1.82, 2.24) is 9.97 Å². The van der Waals surface area contributed by atoms with Crippen molar-refractivity contribution in [2.24, 2.45) is 0 Å². The molecule has 1 aliphatic heterocycles. The van der Waals surface area contributed by atoms with E-state index in [1.165, 1.54) is 27.8 Å². The van der Waals surface area contributed by atoms with Crippen LogP contribution in [0, 0.1) is 0 Å². The van der Waals surface area contributed by atoms with Gasteiger partial charge in [-0.3, -0.25) is 19.0 Å². The number of carbonyl (C=O) groups excluding carboxylic acids is 1. The Hall–Kier alpha value is -3.79. The number of amides is 1. The van der Waals surface area contributed by atoms with E-state index in [-0.39, 0.29) is 17.3 Å². The van der Waals surface area contributed by atoms with Crippen molar-refractivity contribution in [2.75, 3.05) is 15.7 Å². The Morgan fingerprint density at radius 3 is 2.63 bits per heavy atom. The standard InChI is InChI=1S/C28H21ClN4O3S2/c29-22-9-12-24-26(16-22)37-28(31-24)32(18-19-4-3-14-30-17-19)27(34)21-7-10-23(11-8-21)38(35,36)33-15-13-20-5-1-2-6-25(20)33/h1-12,14,16-17H,13,15,18H2. The number of carbonyl (C=O) groups is 1. The van der Waals surface area contributed by atoms with Gasteiger partial charge in [0.2, 0.25) is 0 Å². The topological polar surface area (TPSA) is 83.5 Å². The molecule has 0 aliphatic carbocycles. The van der Waals surface area contributed by atoms with Crippen LogP contribution in [0.3, 0.4) is 0 Å². The van der Waals surface area contributed by atoms with Crippen LogP contribution in [0.4, 0.5) is 10.8 Å². The largest absolute Gasteiger partial charge is 0.279 e. The highest BCUT2D eigenvalue weighted by molar-refractivity contribution is 7.92. The maximum Gasteiger partial charge on any atom is 0.264 e. The van der Waals surface area contributed by atoms with E-state index in [0.29, 0.717) is 34.4 Å². The zero-order chi connectivity index (χ0) is 26.3. The third kappa shape index (κ3) is 4.53. The summed E-state index contributed by atoms with van der Waals surface area (Å²) in [6, 6.07) is 22.7. The van der Waals surface area contributed by atoms with E-state index < -0.39 is 10.0 Å². The fourth-order valence-corrected chi connectivity index (χ4v) is 7.25. The van der Waals surface area contributed by atoms with Gasteiger partial charge in [0.05, 0.1) is 27.3 Å². The van der Waals surface area contributed by atoms with E-state index in [9.17, 15) is 13.2 Å². The molecule has 38 heavy (non-hydrogen) atoms. The SMILES string of the molecule is O=C(c1ccc(S(=O)(=O)N2CCc3ccccc32)cc1)N(Cc1cccnc1)c1nc2ccc(Cl)cc2s1. The van der Waals surface area contributed by atoms with Gasteiger partial charge in [-0.1, -0.05) is 47.2 Å². The number of pyridine rings is 1. The van der Waals surface area contributed by atoms with Gasteiger partial charge in [0.15, 0.2) is 5.13 Å². The number of sulfonamides is 1. The maximum atomic E-state index is 13.8. The normalized spacial score (nSPS) is 13.0. The van der Waals surface area contributed by atoms with E-state index in [0.717, 1.165) is 21.3 Å². The summed E-state index contributed by atoms with van der Waals surface area (Å²) in [6.07, 6.45) is 4.05. The van der Waals surface area contributed by atoms with Crippen molar-refractivity contribution < 1.29 is 13.2 Å². The molecule has 10 heteroatoms. The molecule has 0 radical (unpaired) electrons. The molecule has 0 atom stereocenters. The number of anilines is 2. The monoisotopic (exact) mass is 560 g/mol. The van der Waals surface area contributed by atoms with Crippen molar-refractivity contribution in [3.63, 3.8) is 0 Å². The summed E-state index contributed by atoms with van der Waals surface area (Å²) in [5.74, 6) is -0.297. The Balaban J connectivity index is 1.32. The lowest BCUT2D eigenvalue weighted by Gasteiger charge is -2.21. The second-order valence-corrected chi connectivity index (χ2v) is 12.1. The zero-order valence-corrected chi connectivity index (χ0v) is 22.4. The van der Waals surface area contributed by atoms with Crippen LogP contribution in [0.5, 0.6) is 0 Å². The molecule has 1 aliphatic rings. The third-order valence-electron chi connectivity index (χ3n) is 6.41. The lowest BCUT2D eigenvalue weighted by molar-refractivity contribution is 0.0985. The zero-order valence-electron chi connectivity index (χ0n) is 20.0. The molecule has 0 fully saturated rings. The smallest absolute Gasteiger partial charge is 0.264 e. The van der Waals surface area contributed by atoms with Crippen LogP contribution < -0.4 is 9.21 Å². The Morgan fingerprint density at radius 2 is 1.84 bits per heavy atom. The van der Waals surface area contributed by atoms with E-state index >= 15 is 0 Å². The van der Waals surface area contributed by atoms with Gasteiger partial charge < -0.3 is 0 Å². The van der Waals surface area contributed by atoms with Gasteiger partial charge in [-0.05, 0) is 72.1 Å². The molecule has 3 aromatic carbocycles. The van der Waals surface area contributed by atoms with Gasteiger partial charge >= 0.3 is 0 Å². The summed E-state index contributed by atoms with van der Waals surface area (Å²) >= 11 is 7.53. The number of nitrogens with zero attached hydrogens (tertiary/aromatic N) is 4. The number of benzene rings is 3. The van der Waals surface area contributed by atoms with Crippen molar-refractivity contribution in [3.05, 3.63) is 113 Å². The fraction of sp³-hybridized carbons (Fsp3) is 0.107.